The van der Waals surface area contributed by atoms with Gasteiger partial charge in [-0.25, -0.2) is 13.4 Å². The molecule has 0 aliphatic rings. The van der Waals surface area contributed by atoms with Gasteiger partial charge in [0, 0.05) is 25.1 Å². The Morgan fingerprint density at radius 2 is 1.86 bits per heavy atom. The largest absolute Gasteiger partial charge is 0.361 e. The van der Waals surface area contributed by atoms with Gasteiger partial charge in [-0.05, 0) is 25.0 Å². The van der Waals surface area contributed by atoms with Crippen molar-refractivity contribution < 1.29 is 12.9 Å². The maximum atomic E-state index is 11.6. The van der Waals surface area contributed by atoms with Gasteiger partial charge in [-0.15, -0.1) is 24.0 Å². The number of nitrogens with one attached hydrogen (secondary N) is 3. The van der Waals surface area contributed by atoms with Crippen LogP contribution in [0.2, 0.25) is 0 Å². The molecule has 0 radical (unpaired) electrons. The van der Waals surface area contributed by atoms with Gasteiger partial charge in [0.1, 0.15) is 5.76 Å². The van der Waals surface area contributed by atoms with Gasteiger partial charge in [0.15, 0.2) is 5.96 Å². The van der Waals surface area contributed by atoms with Gasteiger partial charge in [0.25, 0.3) is 0 Å². The van der Waals surface area contributed by atoms with Crippen molar-refractivity contribution >= 4 is 45.6 Å². The van der Waals surface area contributed by atoms with Crippen LogP contribution in [-0.2, 0) is 36.0 Å². The molecule has 0 amide bonds. The number of aryl methyl sites for hydroxylation is 2. The second-order valence-electron chi connectivity index (χ2n) is 6.32. The molecule has 3 N–H and O–H groups in total. The minimum Gasteiger partial charge on any atom is -0.361 e. The molecule has 2 aromatic rings. The molecular weight excluding hydrogens is 505 g/mol. The molecular formula is C19H30IN5O3S. The number of aliphatic imine (C=N–C) groups is 1. The summed E-state index contributed by atoms with van der Waals surface area (Å²) in [6.45, 7) is 7.68. The smallest absolute Gasteiger partial charge is 0.229 e. The molecule has 162 valence electrons. The molecule has 0 aliphatic heterocycles. The Labute approximate surface area is 190 Å². The van der Waals surface area contributed by atoms with E-state index in [4.69, 9.17) is 4.52 Å². The van der Waals surface area contributed by atoms with Gasteiger partial charge in [0.2, 0.25) is 10.0 Å². The van der Waals surface area contributed by atoms with Gasteiger partial charge in [0.05, 0.1) is 24.2 Å². The lowest BCUT2D eigenvalue weighted by Gasteiger charge is -2.13. The minimum atomic E-state index is -3.35. The van der Waals surface area contributed by atoms with Crippen molar-refractivity contribution in [1.29, 1.82) is 0 Å². The third-order valence-corrected chi connectivity index (χ3v) is 4.69. The van der Waals surface area contributed by atoms with E-state index >= 15 is 0 Å². The molecule has 0 saturated heterocycles. The molecule has 0 saturated carbocycles. The lowest BCUT2D eigenvalue weighted by molar-refractivity contribution is 0.380. The molecule has 1 aromatic heterocycles. The number of halogens is 1. The minimum absolute atomic E-state index is 0. The van der Waals surface area contributed by atoms with Crippen LogP contribution in [0.1, 0.15) is 43.4 Å². The quantitative estimate of drug-likeness (QED) is 0.259. The number of benzene rings is 1. The third kappa shape index (κ3) is 7.84. The Bertz CT molecular complexity index is 891. The standard InChI is InChI=1S/C19H29N5O3S.HI/c1-5-16-15(18(6-2)27-23-16)13-22-19(20-7-3)21-12-14-10-8-9-11-17(14)24-28(4,25)26;/h8-11,24H,5-7,12-13H2,1-4H3,(H2,20,21,22);1H. The Balaban J connectivity index is 0.00000420. The average Bonchev–Trinajstić information content (AvgIpc) is 3.05. The maximum Gasteiger partial charge on any atom is 0.229 e. The van der Waals surface area contributed by atoms with E-state index in [-0.39, 0.29) is 24.0 Å². The fourth-order valence-electron chi connectivity index (χ4n) is 2.77. The highest BCUT2D eigenvalue weighted by atomic mass is 127. The van der Waals surface area contributed by atoms with Crippen LogP contribution in [0.5, 0.6) is 0 Å². The first-order valence-corrected chi connectivity index (χ1v) is 11.3. The van der Waals surface area contributed by atoms with E-state index in [9.17, 15) is 8.42 Å². The van der Waals surface area contributed by atoms with E-state index in [0.29, 0.717) is 31.3 Å². The third-order valence-electron chi connectivity index (χ3n) is 4.10. The summed E-state index contributed by atoms with van der Waals surface area (Å²) in [7, 11) is -3.35. The summed E-state index contributed by atoms with van der Waals surface area (Å²) in [5, 5.41) is 10.6. The number of nitrogens with zero attached hydrogens (tertiary/aromatic N) is 2. The van der Waals surface area contributed by atoms with Crippen molar-refractivity contribution in [3.8, 4) is 0 Å². The molecule has 10 heteroatoms. The number of hydrogen-bond donors (Lipinski definition) is 3. The van der Waals surface area contributed by atoms with E-state index in [1.165, 1.54) is 0 Å². The molecule has 2 rings (SSSR count). The van der Waals surface area contributed by atoms with Crippen molar-refractivity contribution in [3.05, 3.63) is 46.8 Å². The summed E-state index contributed by atoms with van der Waals surface area (Å²) >= 11 is 0. The van der Waals surface area contributed by atoms with Gasteiger partial charge < -0.3 is 15.2 Å². The number of rotatable bonds is 9. The monoisotopic (exact) mass is 535 g/mol. The highest BCUT2D eigenvalue weighted by molar-refractivity contribution is 14.0. The zero-order valence-electron chi connectivity index (χ0n) is 17.3. The Morgan fingerprint density at radius 3 is 2.48 bits per heavy atom. The first-order valence-electron chi connectivity index (χ1n) is 9.42. The summed E-state index contributed by atoms with van der Waals surface area (Å²) in [4.78, 5) is 4.59. The summed E-state index contributed by atoms with van der Waals surface area (Å²) in [6, 6.07) is 7.22. The molecule has 0 aliphatic carbocycles. The van der Waals surface area contributed by atoms with Crippen LogP contribution >= 0.6 is 24.0 Å². The van der Waals surface area contributed by atoms with Gasteiger partial charge in [-0.3, -0.25) is 4.72 Å². The number of guanidine groups is 1. The molecule has 0 atom stereocenters. The fraction of sp³-hybridized carbons (Fsp3) is 0.474. The molecule has 8 nitrogen and oxygen atoms in total. The highest BCUT2D eigenvalue weighted by Gasteiger charge is 2.14. The van der Waals surface area contributed by atoms with Crippen molar-refractivity contribution in [1.82, 2.24) is 15.8 Å². The maximum absolute atomic E-state index is 11.6. The van der Waals surface area contributed by atoms with Crippen molar-refractivity contribution in [2.75, 3.05) is 17.5 Å². The molecule has 0 spiro atoms. The Hall–Kier alpha value is -1.82. The number of aromatic nitrogens is 1. The topological polar surface area (TPSA) is 109 Å². The lowest BCUT2D eigenvalue weighted by atomic mass is 10.1. The number of anilines is 1. The number of para-hydroxylation sites is 1. The van der Waals surface area contributed by atoms with Crippen LogP contribution < -0.4 is 15.4 Å². The van der Waals surface area contributed by atoms with Crippen LogP contribution in [0.4, 0.5) is 5.69 Å². The molecule has 1 aromatic carbocycles. The first-order chi connectivity index (χ1) is 13.4. The van der Waals surface area contributed by atoms with E-state index in [1.807, 2.05) is 32.9 Å². The zero-order chi connectivity index (χ0) is 20.6. The predicted octanol–water partition coefficient (Wildman–Crippen LogP) is 3.04. The number of hydrogen-bond acceptors (Lipinski definition) is 5. The van der Waals surface area contributed by atoms with E-state index in [1.54, 1.807) is 12.1 Å². The second-order valence-corrected chi connectivity index (χ2v) is 8.07. The summed E-state index contributed by atoms with van der Waals surface area (Å²) in [5.41, 5.74) is 3.33. The molecule has 0 bridgehead atoms. The van der Waals surface area contributed by atoms with Crippen LogP contribution in [0.3, 0.4) is 0 Å². The summed E-state index contributed by atoms with van der Waals surface area (Å²) in [5.74, 6) is 1.52. The Kier molecular flexibility index (Phi) is 10.4. The molecule has 0 unspecified atom stereocenters. The van der Waals surface area contributed by atoms with E-state index in [2.05, 4.69) is 25.5 Å². The first kappa shape index (κ1) is 25.2. The average molecular weight is 535 g/mol. The normalized spacial score (nSPS) is 11.7. The van der Waals surface area contributed by atoms with Crippen LogP contribution in [0.15, 0.2) is 33.8 Å². The molecule has 1 heterocycles. The van der Waals surface area contributed by atoms with Gasteiger partial charge >= 0.3 is 0 Å². The van der Waals surface area contributed by atoms with Crippen LogP contribution in [0, 0.1) is 0 Å². The van der Waals surface area contributed by atoms with E-state index < -0.39 is 10.0 Å². The van der Waals surface area contributed by atoms with E-state index in [0.717, 1.165) is 41.7 Å². The summed E-state index contributed by atoms with van der Waals surface area (Å²) in [6.07, 6.45) is 2.72. The molecule has 0 fully saturated rings. The fourth-order valence-corrected chi connectivity index (χ4v) is 3.37. The van der Waals surface area contributed by atoms with Crippen LogP contribution in [0.25, 0.3) is 0 Å². The second kappa shape index (κ2) is 12.0. The zero-order valence-corrected chi connectivity index (χ0v) is 20.4. The predicted molar refractivity (Wildman–Crippen MR) is 127 cm³/mol. The number of sulfonamides is 1. The van der Waals surface area contributed by atoms with Crippen molar-refractivity contribution in [2.45, 2.75) is 46.7 Å². The molecule has 29 heavy (non-hydrogen) atoms. The van der Waals surface area contributed by atoms with Crippen molar-refractivity contribution in [3.63, 3.8) is 0 Å². The van der Waals surface area contributed by atoms with Crippen molar-refractivity contribution in [2.24, 2.45) is 4.99 Å². The Morgan fingerprint density at radius 1 is 1.14 bits per heavy atom. The van der Waals surface area contributed by atoms with Crippen LogP contribution in [-0.4, -0.2) is 32.3 Å². The van der Waals surface area contributed by atoms with Gasteiger partial charge in [-0.1, -0.05) is 37.2 Å². The summed E-state index contributed by atoms with van der Waals surface area (Å²) < 4.78 is 31.1. The SMILES string of the molecule is CCNC(=NCc1ccccc1NS(C)(=O)=O)NCc1c(CC)noc1CC.I. The van der Waals surface area contributed by atoms with Gasteiger partial charge in [-0.2, -0.15) is 0 Å². The lowest BCUT2D eigenvalue weighted by Crippen LogP contribution is -2.37. The highest BCUT2D eigenvalue weighted by Crippen LogP contribution is 2.18.